The van der Waals surface area contributed by atoms with E-state index >= 15 is 0 Å². The van der Waals surface area contributed by atoms with Gasteiger partial charge < -0.3 is 10.5 Å². The van der Waals surface area contributed by atoms with E-state index in [4.69, 9.17) is 10.5 Å². The van der Waals surface area contributed by atoms with Gasteiger partial charge in [-0.15, -0.1) is 0 Å². The third-order valence-corrected chi connectivity index (χ3v) is 3.79. The number of ether oxygens (including phenoxy) is 1. The zero-order valence-corrected chi connectivity index (χ0v) is 12.8. The van der Waals surface area contributed by atoms with E-state index in [1.165, 1.54) is 5.56 Å². The maximum Gasteiger partial charge on any atom is 0.137 e. The first kappa shape index (κ1) is 14.5. The van der Waals surface area contributed by atoms with Gasteiger partial charge in [-0.25, -0.2) is 0 Å². The molecule has 0 radical (unpaired) electrons. The van der Waals surface area contributed by atoms with Gasteiger partial charge in [-0.05, 0) is 37.5 Å². The van der Waals surface area contributed by atoms with Crippen LogP contribution in [0.2, 0.25) is 0 Å². The van der Waals surface area contributed by atoms with Gasteiger partial charge in [0.1, 0.15) is 11.5 Å². The minimum absolute atomic E-state index is 0.172. The molecule has 1 aliphatic rings. The SMILES string of the molecule is CC(N)CCCC(=O)Cc1cc(Br)cc2c1OCC2. The van der Waals surface area contributed by atoms with Gasteiger partial charge in [0.15, 0.2) is 0 Å². The molecule has 2 N–H and O–H groups in total. The summed E-state index contributed by atoms with van der Waals surface area (Å²) in [5.74, 6) is 1.18. The lowest BCUT2D eigenvalue weighted by atomic mass is 10.0. The minimum atomic E-state index is 0.172. The van der Waals surface area contributed by atoms with Gasteiger partial charge in [-0.3, -0.25) is 4.79 Å². The summed E-state index contributed by atoms with van der Waals surface area (Å²) in [4.78, 5) is 12.0. The Kier molecular flexibility index (Phi) is 4.99. The molecule has 0 amide bonds. The summed E-state index contributed by atoms with van der Waals surface area (Å²) >= 11 is 3.49. The molecule has 0 saturated heterocycles. The Morgan fingerprint density at radius 1 is 1.53 bits per heavy atom. The first-order valence-corrected chi connectivity index (χ1v) is 7.57. The average Bonchev–Trinajstić information content (AvgIpc) is 2.76. The van der Waals surface area contributed by atoms with Crippen molar-refractivity contribution in [3.05, 3.63) is 27.7 Å². The van der Waals surface area contributed by atoms with E-state index in [1.54, 1.807) is 0 Å². The van der Waals surface area contributed by atoms with E-state index < -0.39 is 0 Å². The molecule has 1 heterocycles. The Morgan fingerprint density at radius 2 is 2.32 bits per heavy atom. The van der Waals surface area contributed by atoms with Crippen LogP contribution in [0.5, 0.6) is 5.75 Å². The summed E-state index contributed by atoms with van der Waals surface area (Å²) in [6.45, 7) is 2.69. The molecule has 4 heteroatoms. The molecule has 1 atom stereocenters. The van der Waals surface area contributed by atoms with E-state index in [-0.39, 0.29) is 11.8 Å². The van der Waals surface area contributed by atoms with Crippen LogP contribution < -0.4 is 10.5 Å². The van der Waals surface area contributed by atoms with Crippen molar-refractivity contribution >= 4 is 21.7 Å². The second-order valence-corrected chi connectivity index (χ2v) is 6.15. The number of hydrogen-bond acceptors (Lipinski definition) is 3. The molecule has 0 saturated carbocycles. The third-order valence-electron chi connectivity index (χ3n) is 3.33. The van der Waals surface area contributed by atoms with Gasteiger partial charge in [0, 0.05) is 35.3 Å². The maximum atomic E-state index is 12.0. The molecule has 0 fully saturated rings. The highest BCUT2D eigenvalue weighted by molar-refractivity contribution is 9.10. The monoisotopic (exact) mass is 325 g/mol. The largest absolute Gasteiger partial charge is 0.493 e. The highest BCUT2D eigenvalue weighted by Gasteiger charge is 2.19. The smallest absolute Gasteiger partial charge is 0.137 e. The van der Waals surface area contributed by atoms with E-state index in [0.717, 1.165) is 41.7 Å². The standard InChI is InChI=1S/C15H20BrNO2/c1-10(17)3-2-4-14(18)9-12-8-13(16)7-11-5-6-19-15(11)12/h7-8,10H,2-6,9,17H2,1H3. The minimum Gasteiger partial charge on any atom is -0.493 e. The topological polar surface area (TPSA) is 52.3 Å². The first-order valence-electron chi connectivity index (χ1n) is 6.77. The zero-order chi connectivity index (χ0) is 13.8. The summed E-state index contributed by atoms with van der Waals surface area (Å²) < 4.78 is 6.66. The van der Waals surface area contributed by atoms with Crippen LogP contribution in [0.4, 0.5) is 0 Å². The third kappa shape index (κ3) is 4.05. The Balaban J connectivity index is 1.97. The van der Waals surface area contributed by atoms with Crippen molar-refractivity contribution < 1.29 is 9.53 Å². The predicted octanol–water partition coefficient (Wildman–Crippen LogP) is 3.01. The van der Waals surface area contributed by atoms with Crippen LogP contribution >= 0.6 is 15.9 Å². The zero-order valence-electron chi connectivity index (χ0n) is 11.2. The summed E-state index contributed by atoms with van der Waals surface area (Å²) in [7, 11) is 0. The van der Waals surface area contributed by atoms with Crippen LogP contribution in [0.3, 0.4) is 0 Å². The number of fused-ring (bicyclic) bond motifs is 1. The van der Waals surface area contributed by atoms with Gasteiger partial charge in [0.05, 0.1) is 6.61 Å². The number of rotatable bonds is 6. The van der Waals surface area contributed by atoms with E-state index in [2.05, 4.69) is 22.0 Å². The second kappa shape index (κ2) is 6.53. The number of carbonyl (C=O) groups excluding carboxylic acids is 1. The Hall–Kier alpha value is -0.870. The highest BCUT2D eigenvalue weighted by Crippen LogP contribution is 2.33. The van der Waals surface area contributed by atoms with Gasteiger partial charge in [-0.1, -0.05) is 15.9 Å². The fourth-order valence-corrected chi connectivity index (χ4v) is 2.95. The quantitative estimate of drug-likeness (QED) is 0.874. The normalized spacial score (nSPS) is 14.9. The molecule has 0 spiro atoms. The van der Waals surface area contributed by atoms with Crippen LogP contribution in [-0.4, -0.2) is 18.4 Å². The number of ketones is 1. The molecule has 104 valence electrons. The summed E-state index contributed by atoms with van der Waals surface area (Å²) in [5.41, 5.74) is 7.90. The average molecular weight is 326 g/mol. The van der Waals surface area contributed by atoms with Crippen molar-refractivity contribution in [2.45, 2.75) is 45.1 Å². The van der Waals surface area contributed by atoms with Gasteiger partial charge >= 0.3 is 0 Å². The van der Waals surface area contributed by atoms with Crippen molar-refractivity contribution in [2.75, 3.05) is 6.61 Å². The van der Waals surface area contributed by atoms with Crippen LogP contribution in [0.1, 0.15) is 37.3 Å². The maximum absolute atomic E-state index is 12.0. The second-order valence-electron chi connectivity index (χ2n) is 5.24. The summed E-state index contributed by atoms with van der Waals surface area (Å²) in [6, 6.07) is 4.24. The highest BCUT2D eigenvalue weighted by atomic mass is 79.9. The molecule has 1 aromatic carbocycles. The lowest BCUT2D eigenvalue weighted by molar-refractivity contribution is -0.118. The molecule has 0 aromatic heterocycles. The van der Waals surface area contributed by atoms with Crippen molar-refractivity contribution in [3.63, 3.8) is 0 Å². The number of Topliss-reactive ketones (excluding diaryl/α,β-unsaturated/α-hetero) is 1. The Bertz CT molecular complexity index is 471. The van der Waals surface area contributed by atoms with E-state index in [9.17, 15) is 4.79 Å². The number of nitrogens with two attached hydrogens (primary N) is 1. The number of halogens is 1. The number of hydrogen-bond donors (Lipinski definition) is 1. The van der Waals surface area contributed by atoms with Crippen molar-refractivity contribution in [1.82, 2.24) is 0 Å². The van der Waals surface area contributed by atoms with Crippen molar-refractivity contribution in [3.8, 4) is 5.75 Å². The molecule has 1 aliphatic heterocycles. The molecule has 2 rings (SSSR count). The number of benzene rings is 1. The molecule has 1 aromatic rings. The summed E-state index contributed by atoms with van der Waals surface area (Å²) in [6.07, 6.45) is 3.76. The van der Waals surface area contributed by atoms with E-state index in [1.807, 2.05) is 13.0 Å². The first-order chi connectivity index (χ1) is 9.06. The van der Waals surface area contributed by atoms with Crippen molar-refractivity contribution in [1.29, 1.82) is 0 Å². The fourth-order valence-electron chi connectivity index (χ4n) is 2.40. The molecular formula is C15H20BrNO2. The Morgan fingerprint density at radius 3 is 3.05 bits per heavy atom. The lowest BCUT2D eigenvalue weighted by Crippen LogP contribution is -2.15. The van der Waals surface area contributed by atoms with Crippen LogP contribution in [0, 0.1) is 0 Å². The van der Waals surface area contributed by atoms with Crippen molar-refractivity contribution in [2.24, 2.45) is 5.73 Å². The van der Waals surface area contributed by atoms with Gasteiger partial charge in [-0.2, -0.15) is 0 Å². The van der Waals surface area contributed by atoms with E-state index in [0.29, 0.717) is 12.8 Å². The van der Waals surface area contributed by atoms with Gasteiger partial charge in [0.25, 0.3) is 0 Å². The Labute approximate surface area is 122 Å². The molecular weight excluding hydrogens is 306 g/mol. The molecule has 3 nitrogen and oxygen atoms in total. The van der Waals surface area contributed by atoms with Gasteiger partial charge in [0.2, 0.25) is 0 Å². The fraction of sp³-hybridized carbons (Fsp3) is 0.533. The molecule has 19 heavy (non-hydrogen) atoms. The number of carbonyl (C=O) groups is 1. The molecule has 1 unspecified atom stereocenters. The van der Waals surface area contributed by atoms with Crippen LogP contribution in [0.25, 0.3) is 0 Å². The predicted molar refractivity (Wildman–Crippen MR) is 79.6 cm³/mol. The molecule has 0 aliphatic carbocycles. The summed E-state index contributed by atoms with van der Waals surface area (Å²) in [5, 5.41) is 0. The molecule has 0 bridgehead atoms. The van der Waals surface area contributed by atoms with Crippen LogP contribution in [0.15, 0.2) is 16.6 Å². The van der Waals surface area contributed by atoms with Crippen LogP contribution in [-0.2, 0) is 17.6 Å². The lowest BCUT2D eigenvalue weighted by Gasteiger charge is -2.09.